The van der Waals surface area contributed by atoms with Crippen LogP contribution in [-0.4, -0.2) is 40.8 Å². The highest BCUT2D eigenvalue weighted by Gasteiger charge is 2.43. The van der Waals surface area contributed by atoms with Gasteiger partial charge in [-0.05, 0) is 81.5 Å². The summed E-state index contributed by atoms with van der Waals surface area (Å²) in [4.78, 5) is 25.3. The molecule has 7 heteroatoms. The van der Waals surface area contributed by atoms with Crippen molar-refractivity contribution in [3.8, 4) is 0 Å². The van der Waals surface area contributed by atoms with Gasteiger partial charge in [-0.15, -0.1) is 11.8 Å². The zero-order chi connectivity index (χ0) is 22.5. The molecule has 0 bridgehead atoms. The molecule has 1 amide bonds. The molecule has 182 valence electrons. The maximum absolute atomic E-state index is 13.4. The molecule has 6 N–H and O–H groups in total. The number of carbonyl (C=O) groups is 2. The monoisotopic (exact) mass is 466 g/mol. The van der Waals surface area contributed by atoms with Crippen molar-refractivity contribution in [2.45, 2.75) is 95.0 Å². The molecule has 1 saturated heterocycles. The molecule has 3 saturated carbocycles. The summed E-state index contributed by atoms with van der Waals surface area (Å²) in [5, 5.41) is 16.8. The number of nitrogens with one attached hydrogen (secondary N) is 2. The number of aliphatic carboxylic acids is 1. The van der Waals surface area contributed by atoms with Gasteiger partial charge in [-0.2, -0.15) is 0 Å². The molecule has 0 aromatic heterocycles. The minimum Gasteiger partial charge on any atom is -0.481 e. The molecule has 0 aromatic carbocycles. The highest BCUT2D eigenvalue weighted by Crippen LogP contribution is 2.45. The first-order valence-corrected chi connectivity index (χ1v) is 14.3. The largest absolute Gasteiger partial charge is 0.481 e. The van der Waals surface area contributed by atoms with E-state index in [1.807, 2.05) is 11.8 Å². The summed E-state index contributed by atoms with van der Waals surface area (Å²) < 4.78 is 0. The number of carboxylic acid groups (broad SMARTS) is 1. The van der Waals surface area contributed by atoms with E-state index < -0.39 is 5.97 Å². The highest BCUT2D eigenvalue weighted by atomic mass is 32.2. The molecular formula is C25H44N3O3S+. The van der Waals surface area contributed by atoms with Gasteiger partial charge >= 0.3 is 5.97 Å². The van der Waals surface area contributed by atoms with Gasteiger partial charge in [0.05, 0.1) is 12.5 Å². The number of hydrogen-bond donors (Lipinski definition) is 4. The van der Waals surface area contributed by atoms with E-state index in [1.54, 1.807) is 0 Å². The Bertz CT molecular complexity index is 640. The third-order valence-electron chi connectivity index (χ3n) is 9.00. The van der Waals surface area contributed by atoms with Gasteiger partial charge in [0, 0.05) is 17.7 Å². The van der Waals surface area contributed by atoms with Gasteiger partial charge in [-0.25, -0.2) is 0 Å². The molecule has 6 unspecified atom stereocenters. The van der Waals surface area contributed by atoms with Gasteiger partial charge in [0.25, 0.3) is 0 Å². The molecule has 1 aliphatic heterocycles. The van der Waals surface area contributed by atoms with E-state index in [4.69, 9.17) is 0 Å². The van der Waals surface area contributed by atoms with Crippen molar-refractivity contribution >= 4 is 23.6 Å². The Hall–Kier alpha value is -0.790. The molecule has 6 atom stereocenters. The number of carbonyl (C=O) groups excluding carboxylic acids is 1. The molecule has 1 heterocycles. The predicted octanol–water partition coefficient (Wildman–Crippen LogP) is 3.23. The van der Waals surface area contributed by atoms with Crippen LogP contribution in [0.2, 0.25) is 0 Å². The summed E-state index contributed by atoms with van der Waals surface area (Å²) in [6, 6.07) is 0.503. The Morgan fingerprint density at radius 2 is 1.53 bits per heavy atom. The lowest BCUT2D eigenvalue weighted by Crippen LogP contribution is -2.51. The smallest absolute Gasteiger partial charge is 0.306 e. The van der Waals surface area contributed by atoms with Crippen LogP contribution in [0.3, 0.4) is 0 Å². The van der Waals surface area contributed by atoms with Crippen molar-refractivity contribution in [3.63, 3.8) is 0 Å². The SMILES string of the molecule is [NH3+]CCC1CCC(C2CSC(NC(=O)C3CCCCC3C3CCCCC3C(=O)O)N2)CC1. The molecular weight excluding hydrogens is 422 g/mol. The molecule has 0 radical (unpaired) electrons. The van der Waals surface area contributed by atoms with Crippen molar-refractivity contribution in [1.29, 1.82) is 0 Å². The maximum atomic E-state index is 13.4. The van der Waals surface area contributed by atoms with Crippen LogP contribution in [0.1, 0.15) is 83.5 Å². The molecule has 4 fully saturated rings. The lowest BCUT2D eigenvalue weighted by atomic mass is 9.64. The first kappa shape index (κ1) is 24.3. The van der Waals surface area contributed by atoms with E-state index in [1.165, 1.54) is 32.1 Å². The van der Waals surface area contributed by atoms with E-state index in [0.717, 1.165) is 75.5 Å². The summed E-state index contributed by atoms with van der Waals surface area (Å²) in [6.45, 7) is 1.05. The summed E-state index contributed by atoms with van der Waals surface area (Å²) >= 11 is 1.84. The molecule has 0 spiro atoms. The minimum atomic E-state index is -0.653. The van der Waals surface area contributed by atoms with Crippen molar-refractivity contribution in [3.05, 3.63) is 0 Å². The van der Waals surface area contributed by atoms with E-state index in [2.05, 4.69) is 16.4 Å². The van der Waals surface area contributed by atoms with Gasteiger partial charge in [-0.3, -0.25) is 14.9 Å². The molecule has 32 heavy (non-hydrogen) atoms. The van der Waals surface area contributed by atoms with Gasteiger partial charge in [0.2, 0.25) is 5.91 Å². The maximum Gasteiger partial charge on any atom is 0.306 e. The summed E-state index contributed by atoms with van der Waals surface area (Å²) in [6.07, 6.45) is 14.5. The zero-order valence-corrected chi connectivity index (χ0v) is 20.4. The van der Waals surface area contributed by atoms with Crippen LogP contribution in [0.25, 0.3) is 0 Å². The van der Waals surface area contributed by atoms with Gasteiger partial charge in [0.1, 0.15) is 5.50 Å². The van der Waals surface area contributed by atoms with Crippen LogP contribution in [0.5, 0.6) is 0 Å². The summed E-state index contributed by atoms with van der Waals surface area (Å²) in [5.74, 6) is 2.30. The van der Waals surface area contributed by atoms with E-state index in [-0.39, 0.29) is 35.1 Å². The Balaban J connectivity index is 1.30. The number of rotatable bonds is 7. The van der Waals surface area contributed by atoms with Crippen molar-refractivity contribution in [2.24, 2.45) is 35.5 Å². The standard InChI is InChI=1S/C25H43N3O3S/c26-14-13-16-9-11-17(12-10-16)22-15-32-25(27-22)28-23(29)20-7-3-1-5-18(20)19-6-2-4-8-21(19)24(30)31/h16-22,25,27H,1-15,26H2,(H,28,29)(H,30,31)/p+1. The average Bonchev–Trinajstić information content (AvgIpc) is 3.28. The van der Waals surface area contributed by atoms with Crippen LogP contribution in [0, 0.1) is 35.5 Å². The van der Waals surface area contributed by atoms with Crippen molar-refractivity contribution in [2.75, 3.05) is 12.3 Å². The number of quaternary nitrogens is 1. The first-order valence-electron chi connectivity index (χ1n) is 13.3. The highest BCUT2D eigenvalue weighted by molar-refractivity contribution is 8.00. The van der Waals surface area contributed by atoms with Crippen LogP contribution in [0.15, 0.2) is 0 Å². The topological polar surface area (TPSA) is 106 Å². The first-order chi connectivity index (χ1) is 15.6. The number of hydrogen-bond acceptors (Lipinski definition) is 4. The molecule has 3 aliphatic carbocycles. The Morgan fingerprint density at radius 1 is 0.906 bits per heavy atom. The van der Waals surface area contributed by atoms with Gasteiger partial charge in [-0.1, -0.05) is 25.7 Å². The molecule has 6 nitrogen and oxygen atoms in total. The Labute approximate surface area is 197 Å². The lowest BCUT2D eigenvalue weighted by Gasteiger charge is -2.41. The van der Waals surface area contributed by atoms with Crippen molar-refractivity contribution in [1.82, 2.24) is 10.6 Å². The number of thioether (sulfide) groups is 1. The predicted molar refractivity (Wildman–Crippen MR) is 128 cm³/mol. The second kappa shape index (κ2) is 11.6. The minimum absolute atomic E-state index is 0.00858. The fourth-order valence-corrected chi connectivity index (χ4v) is 8.47. The van der Waals surface area contributed by atoms with Crippen molar-refractivity contribution < 1.29 is 20.4 Å². The van der Waals surface area contributed by atoms with Crippen LogP contribution in [0.4, 0.5) is 0 Å². The lowest BCUT2D eigenvalue weighted by molar-refractivity contribution is -0.370. The molecule has 0 aromatic rings. The average molecular weight is 467 g/mol. The Kier molecular flexibility index (Phi) is 8.80. The molecule has 4 aliphatic rings. The number of amides is 1. The summed E-state index contributed by atoms with van der Waals surface area (Å²) in [5.41, 5.74) is 4.02. The number of carboxylic acids is 1. The Morgan fingerprint density at radius 3 is 2.19 bits per heavy atom. The molecule has 4 rings (SSSR count). The summed E-state index contributed by atoms with van der Waals surface area (Å²) in [7, 11) is 0. The second-order valence-electron chi connectivity index (χ2n) is 10.9. The van der Waals surface area contributed by atoms with Gasteiger partial charge in [0.15, 0.2) is 0 Å². The van der Waals surface area contributed by atoms with E-state index >= 15 is 0 Å². The fourth-order valence-electron chi connectivity index (χ4n) is 7.23. The second-order valence-corrected chi connectivity index (χ2v) is 12.0. The third-order valence-corrected chi connectivity index (χ3v) is 10.1. The zero-order valence-electron chi connectivity index (χ0n) is 19.6. The van der Waals surface area contributed by atoms with E-state index in [9.17, 15) is 14.7 Å². The van der Waals surface area contributed by atoms with Crippen LogP contribution < -0.4 is 16.4 Å². The normalized spacial score (nSPS) is 40.7. The quantitative estimate of drug-likeness (QED) is 0.461. The van der Waals surface area contributed by atoms with Crippen LogP contribution >= 0.6 is 11.8 Å². The fraction of sp³-hybridized carbons (Fsp3) is 0.920. The van der Waals surface area contributed by atoms with Crippen LogP contribution in [-0.2, 0) is 9.59 Å². The van der Waals surface area contributed by atoms with E-state index in [0.29, 0.717) is 6.04 Å². The van der Waals surface area contributed by atoms with Gasteiger partial charge < -0.3 is 16.2 Å². The third kappa shape index (κ3) is 5.82.